The largest absolute Gasteiger partial charge is 0.299 e. The Labute approximate surface area is 99.6 Å². The SMILES string of the molecule is O=C(Cc1cccc(F)c1Cl)CC1CCC1. The molecule has 16 heavy (non-hydrogen) atoms. The van der Waals surface area contributed by atoms with Crippen molar-refractivity contribution in [3.05, 3.63) is 34.6 Å². The molecule has 2 rings (SSSR count). The summed E-state index contributed by atoms with van der Waals surface area (Å²) in [6.45, 7) is 0. The van der Waals surface area contributed by atoms with Crippen molar-refractivity contribution in [1.82, 2.24) is 0 Å². The van der Waals surface area contributed by atoms with Crippen molar-refractivity contribution < 1.29 is 9.18 Å². The predicted octanol–water partition coefficient (Wildman–Crippen LogP) is 3.78. The molecule has 1 aromatic carbocycles. The van der Waals surface area contributed by atoms with E-state index in [0.29, 0.717) is 17.9 Å². The van der Waals surface area contributed by atoms with Crippen LogP contribution in [0.15, 0.2) is 18.2 Å². The number of benzene rings is 1. The van der Waals surface area contributed by atoms with Crippen LogP contribution in [0.3, 0.4) is 0 Å². The third-order valence-electron chi connectivity index (χ3n) is 3.16. The van der Waals surface area contributed by atoms with Gasteiger partial charge < -0.3 is 0 Å². The molecule has 0 bridgehead atoms. The van der Waals surface area contributed by atoms with Gasteiger partial charge in [0.1, 0.15) is 11.6 Å². The first kappa shape index (κ1) is 11.6. The maximum absolute atomic E-state index is 13.1. The minimum Gasteiger partial charge on any atom is -0.299 e. The van der Waals surface area contributed by atoms with E-state index in [9.17, 15) is 9.18 Å². The van der Waals surface area contributed by atoms with Crippen LogP contribution in [0.5, 0.6) is 0 Å². The van der Waals surface area contributed by atoms with Crippen LogP contribution in [0, 0.1) is 11.7 Å². The summed E-state index contributed by atoms with van der Waals surface area (Å²) in [6, 6.07) is 4.61. The minimum absolute atomic E-state index is 0.0875. The molecule has 1 aliphatic rings. The van der Waals surface area contributed by atoms with Crippen LogP contribution in [-0.2, 0) is 11.2 Å². The highest BCUT2D eigenvalue weighted by Gasteiger charge is 2.21. The van der Waals surface area contributed by atoms with Crippen molar-refractivity contribution in [2.24, 2.45) is 5.92 Å². The third-order valence-corrected chi connectivity index (χ3v) is 3.58. The third kappa shape index (κ3) is 2.62. The van der Waals surface area contributed by atoms with Gasteiger partial charge >= 0.3 is 0 Å². The van der Waals surface area contributed by atoms with Gasteiger partial charge in [-0.25, -0.2) is 4.39 Å². The summed E-state index contributed by atoms with van der Waals surface area (Å²) < 4.78 is 13.1. The molecule has 0 heterocycles. The van der Waals surface area contributed by atoms with Gasteiger partial charge in [-0.2, -0.15) is 0 Å². The molecule has 0 radical (unpaired) electrons. The van der Waals surface area contributed by atoms with Crippen LogP contribution >= 0.6 is 11.6 Å². The zero-order valence-electron chi connectivity index (χ0n) is 9.01. The number of ketones is 1. The van der Waals surface area contributed by atoms with Gasteiger partial charge in [-0.15, -0.1) is 0 Å². The molecule has 0 amide bonds. The van der Waals surface area contributed by atoms with Gasteiger partial charge in [-0.1, -0.05) is 43.0 Å². The number of Topliss-reactive ketones (excluding diaryl/α,β-unsaturated/α-hetero) is 1. The first-order valence-electron chi connectivity index (χ1n) is 5.61. The summed E-state index contributed by atoms with van der Waals surface area (Å²) >= 11 is 5.79. The van der Waals surface area contributed by atoms with E-state index in [2.05, 4.69) is 0 Å². The van der Waals surface area contributed by atoms with Crippen LogP contribution in [0.2, 0.25) is 5.02 Å². The number of carbonyl (C=O) groups excluding carboxylic acids is 1. The maximum Gasteiger partial charge on any atom is 0.142 e. The average Bonchev–Trinajstić information content (AvgIpc) is 2.19. The maximum atomic E-state index is 13.1. The van der Waals surface area contributed by atoms with Crippen molar-refractivity contribution in [3.63, 3.8) is 0 Å². The number of halogens is 2. The molecule has 1 aromatic rings. The second kappa shape index (κ2) is 4.96. The summed E-state index contributed by atoms with van der Waals surface area (Å²) in [5.74, 6) is 0.271. The molecule has 86 valence electrons. The molecule has 0 aromatic heterocycles. The Morgan fingerprint density at radius 2 is 2.19 bits per heavy atom. The second-order valence-corrected chi connectivity index (χ2v) is 4.81. The van der Waals surface area contributed by atoms with Crippen molar-refractivity contribution >= 4 is 17.4 Å². The minimum atomic E-state index is -0.449. The van der Waals surface area contributed by atoms with Crippen LogP contribution in [0.4, 0.5) is 4.39 Å². The monoisotopic (exact) mass is 240 g/mol. The van der Waals surface area contributed by atoms with Crippen LogP contribution in [0.25, 0.3) is 0 Å². The van der Waals surface area contributed by atoms with Crippen LogP contribution in [0.1, 0.15) is 31.2 Å². The van der Waals surface area contributed by atoms with E-state index < -0.39 is 5.82 Å². The van der Waals surface area contributed by atoms with Gasteiger partial charge in [-0.05, 0) is 17.5 Å². The predicted molar refractivity (Wildman–Crippen MR) is 62.1 cm³/mol. The molecule has 0 N–H and O–H groups in total. The smallest absolute Gasteiger partial charge is 0.142 e. The molecule has 0 spiro atoms. The molecule has 0 saturated heterocycles. The lowest BCUT2D eigenvalue weighted by atomic mass is 9.81. The lowest BCUT2D eigenvalue weighted by molar-refractivity contribution is -0.119. The topological polar surface area (TPSA) is 17.1 Å². The van der Waals surface area contributed by atoms with Crippen molar-refractivity contribution in [2.75, 3.05) is 0 Å². The zero-order chi connectivity index (χ0) is 11.5. The average molecular weight is 241 g/mol. The highest BCUT2D eigenvalue weighted by atomic mass is 35.5. The number of hydrogen-bond acceptors (Lipinski definition) is 1. The Morgan fingerprint density at radius 3 is 2.81 bits per heavy atom. The fourth-order valence-corrected chi connectivity index (χ4v) is 2.18. The van der Waals surface area contributed by atoms with Gasteiger partial charge in [0.05, 0.1) is 5.02 Å². The van der Waals surface area contributed by atoms with Crippen LogP contribution < -0.4 is 0 Å². The van der Waals surface area contributed by atoms with Gasteiger partial charge in [0.15, 0.2) is 0 Å². The number of carbonyl (C=O) groups is 1. The van der Waals surface area contributed by atoms with E-state index in [0.717, 1.165) is 12.8 Å². The first-order valence-corrected chi connectivity index (χ1v) is 5.99. The van der Waals surface area contributed by atoms with Crippen molar-refractivity contribution in [2.45, 2.75) is 32.1 Å². The fraction of sp³-hybridized carbons (Fsp3) is 0.462. The Balaban J connectivity index is 1.97. The summed E-state index contributed by atoms with van der Waals surface area (Å²) in [6.07, 6.45) is 4.42. The lowest BCUT2D eigenvalue weighted by Gasteiger charge is -2.24. The van der Waals surface area contributed by atoms with E-state index in [1.54, 1.807) is 12.1 Å². The van der Waals surface area contributed by atoms with Gasteiger partial charge in [0.2, 0.25) is 0 Å². The highest BCUT2D eigenvalue weighted by Crippen LogP contribution is 2.30. The van der Waals surface area contributed by atoms with Crippen molar-refractivity contribution in [3.8, 4) is 0 Å². The van der Waals surface area contributed by atoms with Gasteiger partial charge in [0, 0.05) is 12.8 Å². The Morgan fingerprint density at radius 1 is 1.44 bits per heavy atom. The van der Waals surface area contributed by atoms with Gasteiger partial charge in [0.25, 0.3) is 0 Å². The summed E-state index contributed by atoms with van der Waals surface area (Å²) in [5.41, 5.74) is 0.603. The standard InChI is InChI=1S/C13H14ClFO/c14-13-10(5-2-6-12(13)15)8-11(16)7-9-3-1-4-9/h2,5-6,9H,1,3-4,7-8H2. The molecular weight excluding hydrogens is 227 g/mol. The Kier molecular flexibility index (Phi) is 3.59. The number of rotatable bonds is 4. The Hall–Kier alpha value is -0.890. The molecule has 1 aliphatic carbocycles. The molecule has 1 fully saturated rings. The summed E-state index contributed by atoms with van der Waals surface area (Å²) in [5, 5.41) is 0.0875. The van der Waals surface area contributed by atoms with Crippen molar-refractivity contribution in [1.29, 1.82) is 0 Å². The molecular formula is C13H14ClFO. The summed E-state index contributed by atoms with van der Waals surface area (Å²) in [4.78, 5) is 11.7. The van der Waals surface area contributed by atoms with E-state index in [1.807, 2.05) is 0 Å². The summed E-state index contributed by atoms with van der Waals surface area (Å²) in [7, 11) is 0. The van der Waals surface area contributed by atoms with E-state index in [4.69, 9.17) is 11.6 Å². The Bertz CT molecular complexity index is 399. The molecule has 1 nitrogen and oxygen atoms in total. The second-order valence-electron chi connectivity index (χ2n) is 4.43. The first-order chi connectivity index (χ1) is 7.66. The zero-order valence-corrected chi connectivity index (χ0v) is 9.77. The van der Waals surface area contributed by atoms with Gasteiger partial charge in [-0.3, -0.25) is 4.79 Å². The molecule has 0 atom stereocenters. The van der Waals surface area contributed by atoms with Crippen LogP contribution in [-0.4, -0.2) is 5.78 Å². The fourth-order valence-electron chi connectivity index (χ4n) is 1.99. The molecule has 3 heteroatoms. The van der Waals surface area contributed by atoms with E-state index in [-0.39, 0.29) is 17.2 Å². The van der Waals surface area contributed by atoms with E-state index >= 15 is 0 Å². The highest BCUT2D eigenvalue weighted by molar-refractivity contribution is 6.31. The molecule has 1 saturated carbocycles. The molecule has 0 unspecified atom stereocenters. The van der Waals surface area contributed by atoms with E-state index in [1.165, 1.54) is 12.5 Å². The lowest BCUT2D eigenvalue weighted by Crippen LogP contribution is -2.17. The quantitative estimate of drug-likeness (QED) is 0.783. The molecule has 0 aliphatic heterocycles. The number of hydrogen-bond donors (Lipinski definition) is 0. The normalized spacial score (nSPS) is 15.9.